The van der Waals surface area contributed by atoms with Crippen LogP contribution in [-0.2, 0) is 6.42 Å². The summed E-state index contributed by atoms with van der Waals surface area (Å²) in [6.07, 6.45) is -4.54. The molecule has 0 radical (unpaired) electrons. The van der Waals surface area contributed by atoms with E-state index in [1.807, 2.05) is 0 Å². The SMILES string of the molecule is N#CCc1c(N)ncc(C#N)c1OC(F)(F)F. The van der Waals surface area contributed by atoms with Crippen molar-refractivity contribution < 1.29 is 17.9 Å². The van der Waals surface area contributed by atoms with Gasteiger partial charge in [-0.1, -0.05) is 0 Å². The van der Waals surface area contributed by atoms with Gasteiger partial charge in [-0.05, 0) is 0 Å². The summed E-state index contributed by atoms with van der Waals surface area (Å²) in [6.45, 7) is 0. The number of ether oxygens (including phenoxy) is 1. The van der Waals surface area contributed by atoms with E-state index in [9.17, 15) is 13.2 Å². The number of nitriles is 2. The van der Waals surface area contributed by atoms with Crippen LogP contribution in [0, 0.1) is 22.7 Å². The van der Waals surface area contributed by atoms with Gasteiger partial charge in [0.05, 0.1) is 24.3 Å². The zero-order chi connectivity index (χ0) is 13.1. The highest BCUT2D eigenvalue weighted by molar-refractivity contribution is 5.57. The van der Waals surface area contributed by atoms with Crippen molar-refractivity contribution in [2.75, 3.05) is 5.73 Å². The minimum atomic E-state index is -4.97. The van der Waals surface area contributed by atoms with E-state index < -0.39 is 24.1 Å². The second kappa shape index (κ2) is 4.58. The van der Waals surface area contributed by atoms with Crippen LogP contribution < -0.4 is 10.5 Å². The van der Waals surface area contributed by atoms with Crippen molar-refractivity contribution in [1.82, 2.24) is 4.98 Å². The fraction of sp³-hybridized carbons (Fsp3) is 0.222. The standard InChI is InChI=1S/C9H5F3N4O/c10-9(11,12)17-7-5(3-14)4-16-8(15)6(7)1-2-13/h4H,1H2,(H2,15,16). The van der Waals surface area contributed by atoms with E-state index in [0.29, 0.717) is 0 Å². The molecule has 0 spiro atoms. The predicted molar refractivity (Wildman–Crippen MR) is 49.4 cm³/mol. The van der Waals surface area contributed by atoms with Gasteiger partial charge in [-0.25, -0.2) is 4.98 Å². The Balaban J connectivity index is 3.37. The minimum Gasteiger partial charge on any atom is -0.404 e. The van der Waals surface area contributed by atoms with Crippen molar-refractivity contribution in [2.24, 2.45) is 0 Å². The fourth-order valence-corrected chi connectivity index (χ4v) is 1.11. The maximum atomic E-state index is 12.1. The number of hydrogen-bond acceptors (Lipinski definition) is 5. The molecule has 2 N–H and O–H groups in total. The Bertz CT molecular complexity index is 513. The molecule has 0 amide bonds. The third kappa shape index (κ3) is 2.98. The number of rotatable bonds is 2. The van der Waals surface area contributed by atoms with E-state index >= 15 is 0 Å². The molecule has 0 unspecified atom stereocenters. The van der Waals surface area contributed by atoms with Crippen molar-refractivity contribution in [3.8, 4) is 17.9 Å². The Morgan fingerprint density at radius 3 is 2.53 bits per heavy atom. The molecule has 5 nitrogen and oxygen atoms in total. The number of nitrogens with zero attached hydrogens (tertiary/aromatic N) is 3. The quantitative estimate of drug-likeness (QED) is 0.847. The first-order valence-electron chi connectivity index (χ1n) is 4.19. The predicted octanol–water partition coefficient (Wildman–Crippen LogP) is 1.50. The number of anilines is 1. The molecule has 88 valence electrons. The Morgan fingerprint density at radius 1 is 1.41 bits per heavy atom. The molecule has 8 heteroatoms. The summed E-state index contributed by atoms with van der Waals surface area (Å²) in [7, 11) is 0. The number of aromatic nitrogens is 1. The Hall–Kier alpha value is -2.48. The zero-order valence-corrected chi connectivity index (χ0v) is 8.25. The molecule has 17 heavy (non-hydrogen) atoms. The highest BCUT2D eigenvalue weighted by atomic mass is 19.4. The van der Waals surface area contributed by atoms with Gasteiger partial charge in [0.2, 0.25) is 0 Å². The average molecular weight is 242 g/mol. The first-order chi connectivity index (χ1) is 7.89. The molecule has 1 aromatic heterocycles. The van der Waals surface area contributed by atoms with Gasteiger partial charge in [-0.15, -0.1) is 13.2 Å². The van der Waals surface area contributed by atoms with Crippen molar-refractivity contribution in [2.45, 2.75) is 12.8 Å². The van der Waals surface area contributed by atoms with E-state index in [2.05, 4.69) is 9.72 Å². The summed E-state index contributed by atoms with van der Waals surface area (Å²) in [5.41, 5.74) is 4.66. The number of halogens is 3. The molecule has 1 rings (SSSR count). The van der Waals surface area contributed by atoms with Gasteiger partial charge in [0.25, 0.3) is 0 Å². The van der Waals surface area contributed by atoms with Gasteiger partial charge < -0.3 is 10.5 Å². The zero-order valence-electron chi connectivity index (χ0n) is 8.25. The molecule has 0 bridgehead atoms. The van der Waals surface area contributed by atoms with Crippen molar-refractivity contribution >= 4 is 5.82 Å². The molecule has 0 saturated carbocycles. The van der Waals surface area contributed by atoms with Crippen LogP contribution in [0.4, 0.5) is 19.0 Å². The Morgan fingerprint density at radius 2 is 2.06 bits per heavy atom. The largest absolute Gasteiger partial charge is 0.573 e. The number of pyridine rings is 1. The summed E-state index contributed by atoms with van der Waals surface area (Å²) < 4.78 is 40.1. The molecular formula is C9H5F3N4O. The van der Waals surface area contributed by atoms with Crippen LogP contribution in [-0.4, -0.2) is 11.3 Å². The highest BCUT2D eigenvalue weighted by Crippen LogP contribution is 2.32. The maximum Gasteiger partial charge on any atom is 0.573 e. The third-order valence-electron chi connectivity index (χ3n) is 1.75. The van der Waals surface area contributed by atoms with Crippen LogP contribution in [0.1, 0.15) is 11.1 Å². The third-order valence-corrected chi connectivity index (χ3v) is 1.75. The van der Waals surface area contributed by atoms with Crippen LogP contribution in [0.2, 0.25) is 0 Å². The Kier molecular flexibility index (Phi) is 3.39. The summed E-state index contributed by atoms with van der Waals surface area (Å²) >= 11 is 0. The van der Waals surface area contributed by atoms with E-state index in [4.69, 9.17) is 16.3 Å². The lowest BCUT2D eigenvalue weighted by Crippen LogP contribution is -2.19. The second-order valence-electron chi connectivity index (χ2n) is 2.86. The van der Waals surface area contributed by atoms with Gasteiger partial charge in [0.15, 0.2) is 5.75 Å². The van der Waals surface area contributed by atoms with E-state index in [-0.39, 0.29) is 11.4 Å². The fourth-order valence-electron chi connectivity index (χ4n) is 1.11. The summed E-state index contributed by atoms with van der Waals surface area (Å²) in [4.78, 5) is 3.52. The van der Waals surface area contributed by atoms with E-state index in [1.165, 1.54) is 6.07 Å². The molecule has 0 fully saturated rings. The molecule has 1 heterocycles. The molecule has 0 aromatic carbocycles. The van der Waals surface area contributed by atoms with Crippen LogP contribution in [0.3, 0.4) is 0 Å². The minimum absolute atomic E-state index is 0.246. The number of nitrogens with two attached hydrogens (primary N) is 1. The van der Waals surface area contributed by atoms with Gasteiger partial charge in [0, 0.05) is 0 Å². The first-order valence-corrected chi connectivity index (χ1v) is 4.19. The summed E-state index contributed by atoms with van der Waals surface area (Å²) in [5.74, 6) is -1.04. The number of nitrogen functional groups attached to an aromatic ring is 1. The lowest BCUT2D eigenvalue weighted by Gasteiger charge is -2.14. The van der Waals surface area contributed by atoms with Gasteiger partial charge >= 0.3 is 6.36 Å². The summed E-state index contributed by atoms with van der Waals surface area (Å²) in [5, 5.41) is 17.1. The summed E-state index contributed by atoms with van der Waals surface area (Å²) in [6, 6.07) is 3.12. The van der Waals surface area contributed by atoms with Gasteiger partial charge in [-0.3, -0.25) is 0 Å². The van der Waals surface area contributed by atoms with Crippen LogP contribution in [0.25, 0.3) is 0 Å². The smallest absolute Gasteiger partial charge is 0.404 e. The van der Waals surface area contributed by atoms with Crippen LogP contribution in [0.15, 0.2) is 6.20 Å². The molecule has 0 aliphatic heterocycles. The second-order valence-corrected chi connectivity index (χ2v) is 2.86. The van der Waals surface area contributed by atoms with Crippen LogP contribution >= 0.6 is 0 Å². The molecule has 0 saturated heterocycles. The van der Waals surface area contributed by atoms with Crippen LogP contribution in [0.5, 0.6) is 5.75 Å². The van der Waals surface area contributed by atoms with Crippen molar-refractivity contribution in [3.05, 3.63) is 17.3 Å². The van der Waals surface area contributed by atoms with Crippen molar-refractivity contribution in [3.63, 3.8) is 0 Å². The normalized spacial score (nSPS) is 10.4. The lowest BCUT2D eigenvalue weighted by molar-refractivity contribution is -0.275. The monoisotopic (exact) mass is 242 g/mol. The van der Waals surface area contributed by atoms with E-state index in [0.717, 1.165) is 6.20 Å². The van der Waals surface area contributed by atoms with E-state index in [1.54, 1.807) is 6.07 Å². The molecular weight excluding hydrogens is 237 g/mol. The number of hydrogen-bond donors (Lipinski definition) is 1. The lowest BCUT2D eigenvalue weighted by atomic mass is 10.1. The molecule has 1 aromatic rings. The van der Waals surface area contributed by atoms with Crippen molar-refractivity contribution in [1.29, 1.82) is 10.5 Å². The first kappa shape index (κ1) is 12.6. The maximum absolute atomic E-state index is 12.1. The Labute approximate surface area is 93.8 Å². The van der Waals surface area contributed by atoms with Gasteiger partial charge in [0.1, 0.15) is 17.5 Å². The molecule has 0 atom stereocenters. The topological polar surface area (TPSA) is 95.7 Å². The number of alkyl halides is 3. The molecule has 0 aliphatic carbocycles. The average Bonchev–Trinajstić information content (AvgIpc) is 2.22. The van der Waals surface area contributed by atoms with Gasteiger partial charge in [-0.2, -0.15) is 10.5 Å². The highest BCUT2D eigenvalue weighted by Gasteiger charge is 2.34. The molecule has 0 aliphatic rings.